The number of halogens is 3. The van der Waals surface area contributed by atoms with Crippen molar-refractivity contribution in [3.63, 3.8) is 0 Å². The number of nitrogens with two attached hydrogens (primary N) is 1. The molecule has 0 saturated carbocycles. The van der Waals surface area contributed by atoms with Gasteiger partial charge in [0.2, 0.25) is 11.8 Å². The van der Waals surface area contributed by atoms with Gasteiger partial charge >= 0.3 is 6.18 Å². The van der Waals surface area contributed by atoms with Crippen LogP contribution in [0.4, 0.5) is 18.9 Å². The van der Waals surface area contributed by atoms with Crippen LogP contribution >= 0.6 is 0 Å². The molecule has 3 amide bonds. The number of amides is 3. The summed E-state index contributed by atoms with van der Waals surface area (Å²) >= 11 is 0. The predicted octanol–water partition coefficient (Wildman–Crippen LogP) is 4.30. The Morgan fingerprint density at radius 1 is 0.976 bits per heavy atom. The highest BCUT2D eigenvalue weighted by Gasteiger charge is 2.48. The molecule has 0 fully saturated rings. The summed E-state index contributed by atoms with van der Waals surface area (Å²) in [6.45, 7) is 13.3. The van der Waals surface area contributed by atoms with Gasteiger partial charge in [0.15, 0.2) is 0 Å². The Morgan fingerprint density at radius 2 is 1.63 bits per heavy atom. The maximum absolute atomic E-state index is 13.5. The van der Waals surface area contributed by atoms with Crippen molar-refractivity contribution >= 4 is 23.4 Å². The lowest BCUT2D eigenvalue weighted by atomic mass is 9.72. The third-order valence-electron chi connectivity index (χ3n) is 6.90. The van der Waals surface area contributed by atoms with Crippen molar-refractivity contribution in [2.45, 2.75) is 66.7 Å². The van der Waals surface area contributed by atoms with Gasteiger partial charge < -0.3 is 27.0 Å². The fraction of sp³-hybridized carbons (Fsp3) is 0.500. The molecule has 0 bridgehead atoms. The smallest absolute Gasteiger partial charge is 0.385 e. The lowest BCUT2D eigenvalue weighted by Gasteiger charge is -2.43. The minimum atomic E-state index is -4.67. The fourth-order valence-electron chi connectivity index (χ4n) is 4.34. The number of carbonyl (C=O) groups excluding carboxylic acids is 3. The van der Waals surface area contributed by atoms with Crippen LogP contribution in [0.2, 0.25) is 0 Å². The number of hydrogen-bond acceptors (Lipinski definition) is 5. The first-order chi connectivity index (χ1) is 18.9. The van der Waals surface area contributed by atoms with E-state index in [9.17, 15) is 27.6 Å². The molecule has 226 valence electrons. The van der Waals surface area contributed by atoms with E-state index in [1.54, 1.807) is 20.8 Å². The molecule has 0 radical (unpaired) electrons. The molecular weight excluding hydrogens is 535 g/mol. The zero-order chi connectivity index (χ0) is 31.2. The van der Waals surface area contributed by atoms with Crippen molar-refractivity contribution in [1.82, 2.24) is 16.0 Å². The van der Waals surface area contributed by atoms with Crippen molar-refractivity contribution in [3.05, 3.63) is 64.2 Å². The normalized spacial score (nSPS) is 13.4. The summed E-state index contributed by atoms with van der Waals surface area (Å²) in [5.41, 5.74) is 5.55. The monoisotopic (exact) mass is 577 g/mol. The number of anilines is 1. The van der Waals surface area contributed by atoms with Gasteiger partial charge in [0.05, 0.1) is 12.1 Å². The summed E-state index contributed by atoms with van der Waals surface area (Å²) < 4.78 is 40.4. The minimum Gasteiger partial charge on any atom is -0.385 e. The van der Waals surface area contributed by atoms with Crippen LogP contribution in [0.3, 0.4) is 0 Å². The van der Waals surface area contributed by atoms with Crippen molar-refractivity contribution in [1.29, 1.82) is 0 Å². The Labute approximate surface area is 240 Å². The molecule has 0 aliphatic rings. The van der Waals surface area contributed by atoms with Gasteiger partial charge in [-0.1, -0.05) is 58.4 Å². The second kappa shape index (κ2) is 13.4. The van der Waals surface area contributed by atoms with E-state index in [2.05, 4.69) is 21.3 Å². The summed E-state index contributed by atoms with van der Waals surface area (Å²) in [7, 11) is 0. The zero-order valence-electron chi connectivity index (χ0n) is 24.8. The molecule has 0 aliphatic carbocycles. The molecule has 2 aromatic carbocycles. The van der Waals surface area contributed by atoms with E-state index in [-0.39, 0.29) is 23.7 Å². The quantitative estimate of drug-likeness (QED) is 0.257. The van der Waals surface area contributed by atoms with Crippen molar-refractivity contribution in [2.24, 2.45) is 17.1 Å². The molecule has 0 heterocycles. The Hall–Kier alpha value is -3.60. The predicted molar refractivity (Wildman–Crippen MR) is 154 cm³/mol. The molecule has 8 nitrogen and oxygen atoms in total. The number of rotatable bonds is 12. The molecule has 2 aromatic rings. The lowest BCUT2D eigenvalue weighted by molar-refractivity contribution is -0.137. The highest BCUT2D eigenvalue weighted by atomic mass is 19.4. The summed E-state index contributed by atoms with van der Waals surface area (Å²) in [6, 6.07) is 8.96. The molecule has 1 atom stereocenters. The highest BCUT2D eigenvalue weighted by Crippen LogP contribution is 2.32. The van der Waals surface area contributed by atoms with E-state index in [1.807, 2.05) is 45.9 Å². The number of aryl methyl sites for hydroxylation is 2. The van der Waals surface area contributed by atoms with Crippen LogP contribution in [0, 0.1) is 25.2 Å². The Bertz CT molecular complexity index is 1250. The molecule has 11 heteroatoms. The molecule has 0 spiro atoms. The van der Waals surface area contributed by atoms with Crippen molar-refractivity contribution in [3.8, 4) is 0 Å². The Kier molecular flexibility index (Phi) is 11.0. The van der Waals surface area contributed by atoms with E-state index < -0.39 is 47.0 Å². The third kappa shape index (κ3) is 9.21. The zero-order valence-corrected chi connectivity index (χ0v) is 24.8. The van der Waals surface area contributed by atoms with Crippen LogP contribution in [-0.4, -0.2) is 42.9 Å². The molecule has 0 aliphatic heterocycles. The number of primary amides is 1. The molecule has 0 aromatic heterocycles. The number of benzene rings is 2. The fourth-order valence-corrected chi connectivity index (χ4v) is 4.34. The topological polar surface area (TPSA) is 125 Å². The van der Waals surface area contributed by atoms with Gasteiger partial charge in [-0.2, -0.15) is 13.2 Å². The maximum atomic E-state index is 13.5. The van der Waals surface area contributed by atoms with Gasteiger partial charge in [0.1, 0.15) is 5.54 Å². The van der Waals surface area contributed by atoms with Gasteiger partial charge in [0.25, 0.3) is 5.91 Å². The average molecular weight is 578 g/mol. The maximum Gasteiger partial charge on any atom is 0.416 e. The molecule has 41 heavy (non-hydrogen) atoms. The van der Waals surface area contributed by atoms with Crippen LogP contribution < -0.4 is 27.0 Å². The molecule has 6 N–H and O–H groups in total. The second-order valence-corrected chi connectivity index (χ2v) is 11.9. The summed E-state index contributed by atoms with van der Waals surface area (Å²) in [5.74, 6) is -2.19. The van der Waals surface area contributed by atoms with Crippen LogP contribution in [0.25, 0.3) is 0 Å². The van der Waals surface area contributed by atoms with E-state index in [0.717, 1.165) is 28.8 Å². The van der Waals surface area contributed by atoms with Gasteiger partial charge in [0, 0.05) is 30.9 Å². The van der Waals surface area contributed by atoms with Crippen molar-refractivity contribution in [2.75, 3.05) is 25.0 Å². The Morgan fingerprint density at radius 3 is 2.17 bits per heavy atom. The SMILES string of the molecule is Cc1ccc(CNCC(NC(=O)CNC(=O)c2cc(NCC(C)C)cc(C(F)(F)F)c2)(C(N)=O)C(C)(C)C)c(C)c1. The first-order valence-corrected chi connectivity index (χ1v) is 13.5. The van der Waals surface area contributed by atoms with E-state index in [0.29, 0.717) is 13.1 Å². The lowest BCUT2D eigenvalue weighted by Crippen LogP contribution is -2.69. The summed E-state index contributed by atoms with van der Waals surface area (Å²) in [5, 5.41) is 11.2. The van der Waals surface area contributed by atoms with Gasteiger partial charge in [-0.3, -0.25) is 14.4 Å². The van der Waals surface area contributed by atoms with Crippen LogP contribution in [0.15, 0.2) is 36.4 Å². The second-order valence-electron chi connectivity index (χ2n) is 11.9. The summed E-state index contributed by atoms with van der Waals surface area (Å²) in [6.07, 6.45) is -4.67. The highest BCUT2D eigenvalue weighted by molar-refractivity contribution is 5.98. The first-order valence-electron chi connectivity index (χ1n) is 13.5. The van der Waals surface area contributed by atoms with Gasteiger partial charge in [-0.05, 0) is 54.5 Å². The molecule has 2 rings (SSSR count). The molecule has 0 saturated heterocycles. The number of hydrogen-bond donors (Lipinski definition) is 5. The van der Waals surface area contributed by atoms with Crippen LogP contribution in [-0.2, 0) is 22.3 Å². The third-order valence-corrected chi connectivity index (χ3v) is 6.90. The molecule has 1 unspecified atom stereocenters. The Balaban J connectivity index is 2.18. The largest absolute Gasteiger partial charge is 0.416 e. The first kappa shape index (κ1) is 33.6. The van der Waals surface area contributed by atoms with E-state index in [1.165, 1.54) is 6.07 Å². The van der Waals surface area contributed by atoms with Gasteiger partial charge in [-0.15, -0.1) is 0 Å². The summed E-state index contributed by atoms with van der Waals surface area (Å²) in [4.78, 5) is 38.6. The average Bonchev–Trinajstić information content (AvgIpc) is 2.85. The van der Waals surface area contributed by atoms with Crippen LogP contribution in [0.1, 0.15) is 67.2 Å². The van der Waals surface area contributed by atoms with Crippen molar-refractivity contribution < 1.29 is 27.6 Å². The van der Waals surface area contributed by atoms with Gasteiger partial charge in [-0.25, -0.2) is 0 Å². The van der Waals surface area contributed by atoms with E-state index in [4.69, 9.17) is 5.73 Å². The standard InChI is InChI=1S/C30H42F3N5O3/c1-18(2)14-36-24-12-22(11-23(13-24)30(31,32)33)26(40)37-16-25(39)38-29(27(34)41,28(5,6)7)17-35-15-21-9-8-19(3)10-20(21)4/h8-13,18,35-36H,14-17H2,1-7H3,(H2,34,41)(H,37,40)(H,38,39). The minimum absolute atomic E-state index is 0.0113. The number of carbonyl (C=O) groups is 3. The van der Waals surface area contributed by atoms with Crippen LogP contribution in [0.5, 0.6) is 0 Å². The number of alkyl halides is 3. The van der Waals surface area contributed by atoms with E-state index >= 15 is 0 Å². The number of nitrogens with one attached hydrogen (secondary N) is 4. The molecular formula is C30H42F3N5O3.